The van der Waals surface area contributed by atoms with Gasteiger partial charge in [0.05, 0.1) is 28.4 Å². The summed E-state index contributed by atoms with van der Waals surface area (Å²) in [5, 5.41) is 129. The van der Waals surface area contributed by atoms with Crippen LogP contribution < -0.4 is 51.8 Å². The van der Waals surface area contributed by atoms with Gasteiger partial charge >= 0.3 is 5.97 Å². The molecule has 5 aromatic rings. The number of fused-ring (bicyclic) bond motifs is 15. The summed E-state index contributed by atoms with van der Waals surface area (Å²) >= 11 is 13.8. The number of aliphatic carboxylic acids is 1. The van der Waals surface area contributed by atoms with Crippen LogP contribution in [-0.4, -0.2) is 172 Å². The van der Waals surface area contributed by atoms with Gasteiger partial charge in [-0.15, -0.1) is 4.91 Å². The summed E-state index contributed by atoms with van der Waals surface area (Å²) in [5.41, 5.74) is 2.70. The van der Waals surface area contributed by atoms with Crippen LogP contribution in [0, 0.1) is 10.8 Å². The van der Waals surface area contributed by atoms with E-state index in [0.717, 1.165) is 83.9 Å². The lowest BCUT2D eigenvalue weighted by Crippen LogP contribution is -2.60. The Balaban J connectivity index is 1.32. The van der Waals surface area contributed by atoms with Crippen molar-refractivity contribution in [2.75, 3.05) is 13.7 Å². The number of carboxylic acid groups (broad SMARTS) is 1. The molecule has 0 saturated carbocycles. The maximum atomic E-state index is 15.8. The molecule has 1 fully saturated rings. The van der Waals surface area contributed by atoms with E-state index in [1.54, 1.807) is 13.8 Å². The lowest BCUT2D eigenvalue weighted by molar-refractivity contribution is -0.277. The first-order valence-corrected chi connectivity index (χ1v) is 29.0. The Morgan fingerprint density at radius 1 is 0.688 bits per heavy atom. The summed E-state index contributed by atoms with van der Waals surface area (Å²) in [4.78, 5) is 128. The van der Waals surface area contributed by atoms with Crippen molar-refractivity contribution in [1.82, 2.24) is 36.9 Å². The molecule has 93 heavy (non-hydrogen) atoms. The average Bonchev–Trinajstić information content (AvgIpc) is 0.796. The Kier molecular flexibility index (Phi) is 20.2. The summed E-state index contributed by atoms with van der Waals surface area (Å²) in [5.74, 6) is -16.7. The van der Waals surface area contributed by atoms with E-state index in [1.807, 2.05) is 0 Å². The molecule has 6 aliphatic heterocycles. The largest absolute Gasteiger partial charge is 0.508 e. The number of primary amides is 1. The van der Waals surface area contributed by atoms with E-state index >= 15 is 14.4 Å². The fraction of sp³-hybridized carbons (Fsp3) is 0.356. The fourth-order valence-electron chi connectivity index (χ4n) is 10.8. The third-order valence-corrected chi connectivity index (χ3v) is 16.2. The van der Waals surface area contributed by atoms with Gasteiger partial charge in [-0.2, -0.15) is 0 Å². The highest BCUT2D eigenvalue weighted by atomic mass is 35.5. The number of phenolic OH excluding ortho intramolecular Hbond substituents is 3. The molecule has 11 bridgehead atoms. The summed E-state index contributed by atoms with van der Waals surface area (Å²) in [7, 11) is 1.17. The van der Waals surface area contributed by atoms with E-state index in [2.05, 4.69) is 37.2 Å². The van der Waals surface area contributed by atoms with Gasteiger partial charge in [0, 0.05) is 29.8 Å². The Morgan fingerprint density at radius 3 is 1.86 bits per heavy atom. The van der Waals surface area contributed by atoms with E-state index in [0.29, 0.717) is 0 Å². The molecule has 14 atom stereocenters. The molecular formula is C59H61Cl2N9O23. The Morgan fingerprint density at radius 2 is 1.28 bits per heavy atom. The number of nitrogens with one attached hydrogen (secondary N) is 6. The number of aliphatic hydroxyl groups is 6. The van der Waals surface area contributed by atoms with Crippen molar-refractivity contribution in [2.24, 2.45) is 16.9 Å². The number of nitrogens with zero attached hydrogens (tertiary/aromatic N) is 2. The van der Waals surface area contributed by atoms with Gasteiger partial charge in [0.2, 0.25) is 53.4 Å². The van der Waals surface area contributed by atoms with Crippen LogP contribution >= 0.6 is 23.2 Å². The van der Waals surface area contributed by atoms with Crippen LogP contribution in [0.1, 0.15) is 84.8 Å². The van der Waals surface area contributed by atoms with Gasteiger partial charge in [-0.1, -0.05) is 55.2 Å². The molecule has 494 valence electrons. The first-order chi connectivity index (χ1) is 44.0. The normalized spacial score (nSPS) is 25.8. The van der Waals surface area contributed by atoms with Crippen LogP contribution in [0.4, 0.5) is 0 Å². The number of carbonyl (C=O) groups is 8. The third-order valence-electron chi connectivity index (χ3n) is 15.6. The molecule has 34 heteroatoms. The summed E-state index contributed by atoms with van der Waals surface area (Å²) in [6.45, 7) is 2.45. The number of likely N-dealkylation sites (N-methyl/N-ethyl adjacent to an activating group) is 1. The monoisotopic (exact) mass is 1330 g/mol. The third kappa shape index (κ3) is 14.2. The topological polar surface area (TPSA) is 507 Å². The minimum absolute atomic E-state index is 0.0364. The number of nitroso groups, excluding NO2 is 1. The van der Waals surface area contributed by atoms with Crippen molar-refractivity contribution >= 4 is 70.5 Å². The maximum absolute atomic E-state index is 15.8. The second-order valence-electron chi connectivity index (χ2n) is 22.5. The summed E-state index contributed by atoms with van der Waals surface area (Å²) < 4.78 is 24.8. The average molecular weight is 1340 g/mol. The Hall–Kier alpha value is -9.64. The zero-order valence-corrected chi connectivity index (χ0v) is 50.3. The second kappa shape index (κ2) is 27.7. The van der Waals surface area contributed by atoms with Gasteiger partial charge in [0.25, 0.3) is 0 Å². The lowest BCUT2D eigenvalue weighted by Gasteiger charge is -2.39. The molecular weight excluding hydrogens is 1270 g/mol. The molecule has 32 nitrogen and oxygen atoms in total. The molecule has 6 heterocycles. The number of aromatic hydroxyl groups is 3. The van der Waals surface area contributed by atoms with Crippen LogP contribution in [0.5, 0.6) is 46.0 Å². The van der Waals surface area contributed by atoms with Gasteiger partial charge in [0.15, 0.2) is 17.5 Å². The molecule has 5 aromatic carbocycles. The molecule has 7 amide bonds. The van der Waals surface area contributed by atoms with Crippen molar-refractivity contribution in [3.05, 3.63) is 122 Å². The Bertz CT molecular complexity index is 3820. The van der Waals surface area contributed by atoms with Crippen molar-refractivity contribution in [3.8, 4) is 57.1 Å². The number of rotatable bonds is 12. The van der Waals surface area contributed by atoms with Crippen LogP contribution in [0.25, 0.3) is 11.1 Å². The van der Waals surface area contributed by atoms with Gasteiger partial charge in [-0.3, -0.25) is 38.6 Å². The van der Waals surface area contributed by atoms with Gasteiger partial charge < -0.3 is 108 Å². The highest BCUT2D eigenvalue weighted by molar-refractivity contribution is 6.32. The van der Waals surface area contributed by atoms with Crippen LogP contribution in [0.3, 0.4) is 0 Å². The van der Waals surface area contributed by atoms with Crippen LogP contribution in [-0.2, 0) is 43.1 Å². The number of nitrogens with two attached hydrogens (primary N) is 1. The number of benzene rings is 5. The minimum atomic E-state index is -2.35. The molecule has 0 spiro atoms. The van der Waals surface area contributed by atoms with E-state index in [1.165, 1.54) is 7.05 Å². The van der Waals surface area contributed by atoms with Crippen LogP contribution in [0.15, 0.2) is 84.1 Å². The standard InChI is InChI=1S/C59H61Cl2N9O23/c1-20(2)10-31(70(3)69-89)53(82)67-44-46(76)22-5-8-34(28(60)12-22)90-36-14-24-15-37(51(36)93-59-50(80)49(79)48(78)38(19-71)92-59)91-35-9-6-23(13-29(35)61)47(77)45-57(86)66-43(58(87)88)27-16-25(72)17-33(74)40(27)26-11-21(4-7-32(26)73)41(54(83)68-45)65-55(84)42(24)64-52(81)30(18-39(62)75)63-56(44)85/h4-9,11-17,20,30-31,38,41-50,59,71-74,76-80H,10,18-19H2,1-3H3,(H2,62,75)(H,63,85)(H,64,81)(H,65,84)(H,66,86)(H,67,82)(H,68,83)(H,87,88)/t30-,31+,38+,41+,42+,43-,44+,45-,46+,47+,48+,49-,50+,59-/m0/s1. The van der Waals surface area contributed by atoms with E-state index in [9.17, 15) is 79.9 Å². The molecule has 6 aliphatic rings. The predicted molar refractivity (Wildman–Crippen MR) is 317 cm³/mol. The first kappa shape index (κ1) is 67.7. The van der Waals surface area contributed by atoms with Gasteiger partial charge in [-0.05, 0) is 89.2 Å². The number of amides is 7. The number of carboxylic acids is 1. The predicted octanol–water partition coefficient (Wildman–Crippen LogP) is 0.263. The summed E-state index contributed by atoms with van der Waals surface area (Å²) in [6.07, 6.45) is -15.4. The Labute approximate surface area is 535 Å². The number of carbonyl (C=O) groups excluding carboxylic acids is 7. The quantitative estimate of drug-likeness (QED) is 0.0588. The zero-order chi connectivity index (χ0) is 67.8. The van der Waals surface area contributed by atoms with E-state index in [-0.39, 0.29) is 34.8 Å². The molecule has 1 saturated heterocycles. The van der Waals surface area contributed by atoms with Gasteiger partial charge in [-0.25, -0.2) is 4.79 Å². The van der Waals surface area contributed by atoms with Crippen LogP contribution in [0.2, 0.25) is 10.0 Å². The smallest absolute Gasteiger partial charge is 0.330 e. The summed E-state index contributed by atoms with van der Waals surface area (Å²) in [6, 6.07) is -1.66. The number of hydrogen-bond donors (Lipinski definition) is 17. The number of hydrogen-bond acceptors (Lipinski definition) is 23. The SMILES string of the molecule is CC(C)C[C@H](C(=O)N[C@H]1C(=O)N[C@@H](CC(N)=O)C(=O)N[C@H]2C(=O)N[C@H]3C(=O)N[C@H](C(=O)N[C@H](C(=O)O)c4cc(O)cc(O)c4-c4cc3ccc4O)[C@H](O)c3ccc(c(Cl)c3)Oc3cc2cc(c3O[C@@H]2O[C@H](CO)[C@@H](O)[C@H](O)[C@H]2O)Oc2ccc(cc2Cl)[C@H]1O)N(C)N=O. The van der Waals surface area contributed by atoms with Crippen molar-refractivity contribution in [3.63, 3.8) is 0 Å². The van der Waals surface area contributed by atoms with Crippen molar-refractivity contribution in [1.29, 1.82) is 0 Å². The van der Waals surface area contributed by atoms with Crippen molar-refractivity contribution < 1.29 is 108 Å². The molecule has 0 radical (unpaired) electrons. The molecule has 0 unspecified atom stereocenters. The zero-order valence-electron chi connectivity index (χ0n) is 48.8. The highest BCUT2D eigenvalue weighted by Crippen LogP contribution is 2.49. The second-order valence-corrected chi connectivity index (χ2v) is 23.3. The van der Waals surface area contributed by atoms with Crippen molar-refractivity contribution in [2.45, 2.75) is 112 Å². The van der Waals surface area contributed by atoms with E-state index < -0.39 is 218 Å². The number of aliphatic hydroxyl groups excluding tert-OH is 6. The number of ether oxygens (including phenoxy) is 4. The first-order valence-electron chi connectivity index (χ1n) is 28.2. The number of phenols is 3. The minimum Gasteiger partial charge on any atom is -0.508 e. The van der Waals surface area contributed by atoms with Gasteiger partial charge in [0.1, 0.15) is 102 Å². The number of halogens is 2. The molecule has 18 N–H and O–H groups in total. The molecule has 11 rings (SSSR count). The lowest BCUT2D eigenvalue weighted by atomic mass is 9.89. The molecule has 0 aliphatic carbocycles. The van der Waals surface area contributed by atoms with E-state index in [4.69, 9.17) is 47.9 Å². The maximum Gasteiger partial charge on any atom is 0.330 e. The fourth-order valence-corrected chi connectivity index (χ4v) is 11.3. The highest BCUT2D eigenvalue weighted by Gasteiger charge is 2.47. The molecule has 0 aromatic heterocycles.